The number of rotatable bonds is 8. The molecule has 4 rings (SSSR count). The molecule has 37 heavy (non-hydrogen) atoms. The summed E-state index contributed by atoms with van der Waals surface area (Å²) in [6, 6.07) is 19.2. The van der Waals surface area contributed by atoms with Gasteiger partial charge in [-0.3, -0.25) is 0 Å². The molecule has 0 saturated carbocycles. The number of ether oxygens (including phenoxy) is 2. The number of aliphatic hydroxyl groups is 1. The van der Waals surface area contributed by atoms with Gasteiger partial charge in [0.05, 0.1) is 19.8 Å². The predicted molar refractivity (Wildman–Crippen MR) is 157 cm³/mol. The molecule has 0 heterocycles. The van der Waals surface area contributed by atoms with E-state index < -0.39 is 13.5 Å². The minimum Gasteiger partial charge on any atom is -0.496 e. The van der Waals surface area contributed by atoms with E-state index in [1.807, 2.05) is 37.3 Å². The van der Waals surface area contributed by atoms with Crippen molar-refractivity contribution in [2.45, 2.75) is 53.6 Å². The fourth-order valence-electron chi connectivity index (χ4n) is 5.90. The van der Waals surface area contributed by atoms with Crippen LogP contribution in [0.3, 0.4) is 0 Å². The zero-order valence-electron chi connectivity index (χ0n) is 23.3. The maximum absolute atomic E-state index is 12.2. The molecule has 0 spiro atoms. The van der Waals surface area contributed by atoms with Crippen LogP contribution < -0.4 is 20.1 Å². The molecule has 0 saturated heterocycles. The van der Waals surface area contributed by atoms with Gasteiger partial charge in [0.1, 0.15) is 11.5 Å². The Morgan fingerprint density at radius 1 is 0.784 bits per heavy atom. The van der Waals surface area contributed by atoms with Crippen LogP contribution in [0, 0.1) is 33.6 Å². The van der Waals surface area contributed by atoms with Crippen LogP contribution in [0.1, 0.15) is 48.1 Å². The fourth-order valence-corrected chi connectivity index (χ4v) is 8.98. The predicted octanol–water partition coefficient (Wildman–Crippen LogP) is 7.13. The van der Waals surface area contributed by atoms with Crippen molar-refractivity contribution in [2.24, 2.45) is 5.92 Å². The summed E-state index contributed by atoms with van der Waals surface area (Å²) in [4.78, 5) is 0. The van der Waals surface area contributed by atoms with Crippen LogP contribution in [0.4, 0.5) is 0 Å². The molecular formula is C33H39O3P. The SMILES string of the molecule is CCC1=CC=C(P(c2cc(C)c(OC)c(C)c2)c2cc(C)c(OC)c(C)c2)C1C(C)(O)c1ccccc1. The smallest absolute Gasteiger partial charge is 0.124 e. The average molecular weight is 515 g/mol. The summed E-state index contributed by atoms with van der Waals surface area (Å²) in [5, 5.41) is 16.0. The van der Waals surface area contributed by atoms with Gasteiger partial charge in [-0.25, -0.2) is 0 Å². The summed E-state index contributed by atoms with van der Waals surface area (Å²) >= 11 is 0. The molecule has 2 unspecified atom stereocenters. The van der Waals surface area contributed by atoms with E-state index in [4.69, 9.17) is 9.47 Å². The van der Waals surface area contributed by atoms with Crippen LogP contribution in [-0.4, -0.2) is 19.3 Å². The molecule has 0 amide bonds. The zero-order chi connectivity index (χ0) is 26.9. The second-order valence-corrected chi connectivity index (χ2v) is 12.4. The molecule has 0 fully saturated rings. The highest BCUT2D eigenvalue weighted by Crippen LogP contribution is 2.57. The quantitative estimate of drug-likeness (QED) is 0.325. The van der Waals surface area contributed by atoms with Crippen molar-refractivity contribution < 1.29 is 14.6 Å². The van der Waals surface area contributed by atoms with Gasteiger partial charge in [0.25, 0.3) is 0 Å². The zero-order valence-corrected chi connectivity index (χ0v) is 24.2. The van der Waals surface area contributed by atoms with Crippen molar-refractivity contribution in [3.05, 3.63) is 105 Å². The van der Waals surface area contributed by atoms with Gasteiger partial charge in [0.2, 0.25) is 0 Å². The summed E-state index contributed by atoms with van der Waals surface area (Å²) in [6.07, 6.45) is 5.40. The molecule has 194 valence electrons. The van der Waals surface area contributed by atoms with Crippen LogP contribution in [0.2, 0.25) is 0 Å². The van der Waals surface area contributed by atoms with Crippen molar-refractivity contribution in [3.8, 4) is 11.5 Å². The molecule has 0 bridgehead atoms. The summed E-state index contributed by atoms with van der Waals surface area (Å²) in [5.74, 6) is 1.75. The third kappa shape index (κ3) is 5.00. The van der Waals surface area contributed by atoms with Gasteiger partial charge < -0.3 is 14.6 Å². The van der Waals surface area contributed by atoms with Gasteiger partial charge in [-0.1, -0.05) is 55.0 Å². The Morgan fingerprint density at radius 3 is 1.65 bits per heavy atom. The first-order chi connectivity index (χ1) is 17.6. The lowest BCUT2D eigenvalue weighted by Crippen LogP contribution is -2.34. The highest BCUT2D eigenvalue weighted by molar-refractivity contribution is 7.76. The van der Waals surface area contributed by atoms with Crippen molar-refractivity contribution in [3.63, 3.8) is 0 Å². The summed E-state index contributed by atoms with van der Waals surface area (Å²) in [6.45, 7) is 12.6. The Morgan fingerprint density at radius 2 is 1.24 bits per heavy atom. The lowest BCUT2D eigenvalue weighted by Gasteiger charge is -2.38. The monoisotopic (exact) mass is 514 g/mol. The van der Waals surface area contributed by atoms with Gasteiger partial charge in [-0.2, -0.15) is 0 Å². The highest BCUT2D eigenvalue weighted by Gasteiger charge is 2.43. The minimum atomic E-state index is -1.04. The van der Waals surface area contributed by atoms with E-state index in [2.05, 4.69) is 71.0 Å². The number of aryl methyl sites for hydroxylation is 4. The topological polar surface area (TPSA) is 38.7 Å². The van der Waals surface area contributed by atoms with Crippen LogP contribution in [-0.2, 0) is 5.60 Å². The van der Waals surface area contributed by atoms with E-state index in [9.17, 15) is 5.11 Å². The highest BCUT2D eigenvalue weighted by atomic mass is 31.1. The Labute approximate surface area is 223 Å². The van der Waals surface area contributed by atoms with Gasteiger partial charge in [0.15, 0.2) is 0 Å². The van der Waals surface area contributed by atoms with Gasteiger partial charge >= 0.3 is 0 Å². The Bertz CT molecular complexity index is 1250. The van der Waals surface area contributed by atoms with Crippen molar-refractivity contribution in [2.75, 3.05) is 14.2 Å². The van der Waals surface area contributed by atoms with Crippen LogP contribution >= 0.6 is 7.92 Å². The van der Waals surface area contributed by atoms with E-state index >= 15 is 0 Å². The van der Waals surface area contributed by atoms with Gasteiger partial charge in [-0.05, 0) is 117 Å². The van der Waals surface area contributed by atoms with Crippen molar-refractivity contribution in [1.29, 1.82) is 0 Å². The standard InChI is InChI=1S/C33H39O3P/c1-9-25-15-16-29(30(25)33(6,34)26-13-11-10-12-14-26)37(27-17-21(2)31(35-7)22(3)18-27)28-19-23(4)32(36-8)24(5)20-28/h10-20,30,34H,9H2,1-8H3. The Balaban J connectivity index is 1.96. The van der Waals surface area contributed by atoms with E-state index in [1.54, 1.807) is 14.2 Å². The van der Waals surface area contributed by atoms with E-state index in [1.165, 1.54) is 21.5 Å². The van der Waals surface area contributed by atoms with Crippen molar-refractivity contribution >= 4 is 18.5 Å². The van der Waals surface area contributed by atoms with Crippen LogP contribution in [0.15, 0.2) is 77.6 Å². The lowest BCUT2D eigenvalue weighted by molar-refractivity contribution is 0.0253. The van der Waals surface area contributed by atoms with Gasteiger partial charge in [0, 0.05) is 5.92 Å². The normalized spacial score (nSPS) is 16.9. The number of hydrogen-bond donors (Lipinski definition) is 1. The molecular weight excluding hydrogens is 475 g/mol. The van der Waals surface area contributed by atoms with Crippen molar-refractivity contribution in [1.82, 2.24) is 0 Å². The molecule has 0 aliphatic heterocycles. The fraction of sp³-hybridized carbons (Fsp3) is 0.333. The third-order valence-corrected chi connectivity index (χ3v) is 10.0. The summed E-state index contributed by atoms with van der Waals surface area (Å²) in [7, 11) is 2.53. The van der Waals surface area contributed by atoms with E-state index in [-0.39, 0.29) is 5.92 Å². The summed E-state index contributed by atoms with van der Waals surface area (Å²) in [5.41, 5.74) is 5.66. The summed E-state index contributed by atoms with van der Waals surface area (Å²) < 4.78 is 11.4. The first kappa shape index (κ1) is 27.2. The second-order valence-electron chi connectivity index (χ2n) is 10.2. The van der Waals surface area contributed by atoms with E-state index in [0.29, 0.717) is 0 Å². The molecule has 0 aromatic heterocycles. The number of allylic oxidation sites excluding steroid dienone is 2. The minimum absolute atomic E-state index is 0.114. The molecule has 2 atom stereocenters. The molecule has 3 aromatic rings. The number of hydrogen-bond acceptors (Lipinski definition) is 3. The third-order valence-electron chi connectivity index (χ3n) is 7.54. The van der Waals surface area contributed by atoms with Crippen LogP contribution in [0.5, 0.6) is 11.5 Å². The molecule has 1 aliphatic carbocycles. The maximum atomic E-state index is 12.2. The Kier molecular flexibility index (Phi) is 7.97. The maximum Gasteiger partial charge on any atom is 0.124 e. The van der Waals surface area contributed by atoms with Gasteiger partial charge in [-0.15, -0.1) is 0 Å². The molecule has 3 aromatic carbocycles. The number of methoxy groups -OCH3 is 2. The first-order valence-electron chi connectivity index (χ1n) is 12.9. The number of benzene rings is 3. The Hall–Kier alpha value is -2.87. The average Bonchev–Trinajstić information content (AvgIpc) is 3.29. The molecule has 4 heteroatoms. The molecule has 1 aliphatic rings. The largest absolute Gasteiger partial charge is 0.496 e. The lowest BCUT2D eigenvalue weighted by atomic mass is 9.79. The second kappa shape index (κ2) is 10.9. The first-order valence-corrected chi connectivity index (χ1v) is 14.3. The van der Waals surface area contributed by atoms with E-state index in [0.717, 1.165) is 45.7 Å². The van der Waals surface area contributed by atoms with Crippen LogP contribution in [0.25, 0.3) is 0 Å². The molecule has 3 nitrogen and oxygen atoms in total. The molecule has 1 N–H and O–H groups in total. The molecule has 0 radical (unpaired) electrons.